The number of nitrogens with zero attached hydrogens (tertiary/aromatic N) is 2. The fourth-order valence-electron chi connectivity index (χ4n) is 5.73. The van der Waals surface area contributed by atoms with E-state index >= 15 is 0 Å². The van der Waals surface area contributed by atoms with Gasteiger partial charge in [-0.3, -0.25) is 9.78 Å². The second kappa shape index (κ2) is 8.19. The molecule has 2 saturated carbocycles. The van der Waals surface area contributed by atoms with E-state index in [9.17, 15) is 9.18 Å². The largest absolute Gasteiger partial charge is 0.348 e. The first-order valence-electron chi connectivity index (χ1n) is 10.9. The van der Waals surface area contributed by atoms with E-state index in [2.05, 4.69) is 28.3 Å². The van der Waals surface area contributed by atoms with Crippen molar-refractivity contribution in [2.24, 2.45) is 17.8 Å². The highest BCUT2D eigenvalue weighted by Crippen LogP contribution is 2.53. The summed E-state index contributed by atoms with van der Waals surface area (Å²) in [5.41, 5.74) is 2.48. The molecule has 1 aromatic carbocycles. The predicted octanol–water partition coefficient (Wildman–Crippen LogP) is 5.76. The number of pyridine rings is 2. The lowest BCUT2D eigenvalue weighted by Gasteiger charge is -2.22. The lowest BCUT2D eigenvalue weighted by atomic mass is 9.88. The Morgan fingerprint density at radius 3 is 2.58 bits per heavy atom. The molecule has 5 rings (SSSR count). The van der Waals surface area contributed by atoms with Gasteiger partial charge in [-0.15, -0.1) is 0 Å². The maximum absolute atomic E-state index is 13.8. The Kier molecular flexibility index (Phi) is 5.39. The highest BCUT2D eigenvalue weighted by Gasteiger charge is 2.44. The molecule has 0 saturated heterocycles. The van der Waals surface area contributed by atoms with Gasteiger partial charge in [0.1, 0.15) is 11.5 Å². The van der Waals surface area contributed by atoms with Gasteiger partial charge in [-0.2, -0.15) is 0 Å². The van der Waals surface area contributed by atoms with Crippen molar-refractivity contribution in [3.8, 4) is 0 Å². The summed E-state index contributed by atoms with van der Waals surface area (Å²) in [6.07, 6.45) is 7.82. The van der Waals surface area contributed by atoms with Crippen LogP contribution in [0.4, 0.5) is 4.39 Å². The number of aromatic nitrogens is 2. The number of benzene rings is 1. The van der Waals surface area contributed by atoms with Crippen molar-refractivity contribution >= 4 is 28.4 Å². The Morgan fingerprint density at radius 2 is 1.87 bits per heavy atom. The van der Waals surface area contributed by atoms with E-state index in [1.165, 1.54) is 17.8 Å². The molecule has 6 heteroatoms. The molecule has 2 fully saturated rings. The summed E-state index contributed by atoms with van der Waals surface area (Å²) in [4.78, 5) is 21.0. The lowest BCUT2D eigenvalue weighted by Crippen LogP contribution is -2.37. The number of nitrogens with one attached hydrogen (secondary N) is 1. The molecular weight excluding hydrogens is 413 g/mol. The first-order valence-corrected chi connectivity index (χ1v) is 11.3. The molecule has 1 N–H and O–H groups in total. The maximum atomic E-state index is 13.8. The second-order valence-electron chi connectivity index (χ2n) is 9.11. The van der Waals surface area contributed by atoms with Crippen LogP contribution in [0.3, 0.4) is 0 Å². The SMILES string of the molecule is CC(NC(=O)c1ccc(Cl)cn1)[C@H]1C[C@H]2C[C@@H](c3ccnc4ccc(F)cc34)C[C@H]2C1. The number of fused-ring (bicyclic) bond motifs is 2. The molecule has 1 unspecified atom stereocenters. The Balaban J connectivity index is 1.23. The number of hydrogen-bond donors (Lipinski definition) is 1. The van der Waals surface area contributed by atoms with Gasteiger partial charge in [0.05, 0.1) is 10.5 Å². The minimum absolute atomic E-state index is 0.102. The molecule has 2 aliphatic rings. The van der Waals surface area contributed by atoms with Crippen molar-refractivity contribution in [1.29, 1.82) is 0 Å². The summed E-state index contributed by atoms with van der Waals surface area (Å²) >= 11 is 5.86. The Bertz CT molecular complexity index is 1110. The minimum atomic E-state index is -0.209. The van der Waals surface area contributed by atoms with Crippen LogP contribution in [0.25, 0.3) is 10.9 Å². The van der Waals surface area contributed by atoms with Crippen LogP contribution in [-0.4, -0.2) is 21.9 Å². The highest BCUT2D eigenvalue weighted by atomic mass is 35.5. The molecule has 2 aliphatic carbocycles. The minimum Gasteiger partial charge on any atom is -0.348 e. The average Bonchev–Trinajstić information content (AvgIpc) is 3.33. The van der Waals surface area contributed by atoms with Crippen molar-refractivity contribution in [3.05, 3.63) is 70.9 Å². The third-order valence-corrected chi connectivity index (χ3v) is 7.48. The lowest BCUT2D eigenvalue weighted by molar-refractivity contribution is 0.0920. The van der Waals surface area contributed by atoms with Crippen LogP contribution in [0.5, 0.6) is 0 Å². The van der Waals surface area contributed by atoms with Gasteiger partial charge in [-0.1, -0.05) is 11.6 Å². The zero-order valence-electron chi connectivity index (χ0n) is 17.4. The molecule has 0 bridgehead atoms. The van der Waals surface area contributed by atoms with Gasteiger partial charge in [-0.05, 0) is 98.2 Å². The van der Waals surface area contributed by atoms with Gasteiger partial charge in [0, 0.05) is 23.8 Å². The smallest absolute Gasteiger partial charge is 0.270 e. The monoisotopic (exact) mass is 437 g/mol. The second-order valence-corrected chi connectivity index (χ2v) is 9.54. The van der Waals surface area contributed by atoms with Gasteiger partial charge in [0.25, 0.3) is 5.91 Å². The van der Waals surface area contributed by atoms with E-state index in [0.717, 1.165) is 36.6 Å². The van der Waals surface area contributed by atoms with Crippen LogP contribution in [0.1, 0.15) is 54.6 Å². The molecule has 0 radical (unpaired) electrons. The van der Waals surface area contributed by atoms with E-state index in [1.54, 1.807) is 24.3 Å². The summed E-state index contributed by atoms with van der Waals surface area (Å²) in [5.74, 6) is 1.87. The molecule has 2 aromatic heterocycles. The average molecular weight is 438 g/mol. The molecule has 2 heterocycles. The molecule has 160 valence electrons. The molecular formula is C25H25ClFN3O. The van der Waals surface area contributed by atoms with E-state index in [-0.39, 0.29) is 17.8 Å². The van der Waals surface area contributed by atoms with Gasteiger partial charge < -0.3 is 5.32 Å². The van der Waals surface area contributed by atoms with E-state index in [0.29, 0.717) is 34.4 Å². The van der Waals surface area contributed by atoms with Crippen LogP contribution in [-0.2, 0) is 0 Å². The third-order valence-electron chi connectivity index (χ3n) is 7.26. The zero-order chi connectivity index (χ0) is 21.5. The Morgan fingerprint density at radius 1 is 1.10 bits per heavy atom. The molecule has 4 nitrogen and oxygen atoms in total. The third kappa shape index (κ3) is 4.03. The van der Waals surface area contributed by atoms with Crippen LogP contribution in [0, 0.1) is 23.6 Å². The standard InChI is InChI=1S/C25H25ClFN3O/c1-14(30-25(31)24-4-2-19(26)13-29-24)15-8-16-10-18(11-17(16)9-15)21-6-7-28-23-5-3-20(27)12-22(21)23/h2-7,12-18H,8-11H2,1H3,(H,30,31)/t14?,15-,16-,17+,18+. The fraction of sp³-hybridized carbons (Fsp3) is 0.400. The van der Waals surface area contributed by atoms with Crippen molar-refractivity contribution < 1.29 is 9.18 Å². The number of carbonyl (C=O) groups is 1. The van der Waals surface area contributed by atoms with Crippen molar-refractivity contribution in [1.82, 2.24) is 15.3 Å². The zero-order valence-corrected chi connectivity index (χ0v) is 18.1. The predicted molar refractivity (Wildman–Crippen MR) is 120 cm³/mol. The number of hydrogen-bond acceptors (Lipinski definition) is 3. The quantitative estimate of drug-likeness (QED) is 0.564. The number of halogens is 2. The molecule has 5 atom stereocenters. The molecule has 0 aliphatic heterocycles. The van der Waals surface area contributed by atoms with E-state index < -0.39 is 0 Å². The number of amides is 1. The molecule has 0 spiro atoms. The fourth-order valence-corrected chi connectivity index (χ4v) is 5.84. The summed E-state index contributed by atoms with van der Waals surface area (Å²) in [6, 6.07) is 10.4. The number of rotatable bonds is 4. The molecule has 3 aromatic rings. The van der Waals surface area contributed by atoms with Gasteiger partial charge in [-0.25, -0.2) is 9.37 Å². The summed E-state index contributed by atoms with van der Waals surface area (Å²) < 4.78 is 13.8. The molecule has 31 heavy (non-hydrogen) atoms. The highest BCUT2D eigenvalue weighted by molar-refractivity contribution is 6.30. The summed E-state index contributed by atoms with van der Waals surface area (Å²) in [7, 11) is 0. The molecule has 1 amide bonds. The van der Waals surface area contributed by atoms with Gasteiger partial charge in [0.15, 0.2) is 0 Å². The van der Waals surface area contributed by atoms with Crippen LogP contribution in [0.2, 0.25) is 5.02 Å². The maximum Gasteiger partial charge on any atom is 0.270 e. The van der Waals surface area contributed by atoms with Crippen molar-refractivity contribution in [2.75, 3.05) is 0 Å². The van der Waals surface area contributed by atoms with Gasteiger partial charge in [0.2, 0.25) is 0 Å². The summed E-state index contributed by atoms with van der Waals surface area (Å²) in [5, 5.41) is 4.59. The Labute approximate surface area is 186 Å². The summed E-state index contributed by atoms with van der Waals surface area (Å²) in [6.45, 7) is 2.09. The number of carbonyl (C=O) groups excluding carboxylic acids is 1. The van der Waals surface area contributed by atoms with E-state index in [4.69, 9.17) is 11.6 Å². The Hall–Kier alpha value is -2.53. The van der Waals surface area contributed by atoms with Crippen molar-refractivity contribution in [2.45, 2.75) is 44.6 Å². The van der Waals surface area contributed by atoms with Crippen molar-refractivity contribution in [3.63, 3.8) is 0 Å². The first kappa shape index (κ1) is 20.4. The van der Waals surface area contributed by atoms with E-state index in [1.807, 2.05) is 6.20 Å². The first-order chi connectivity index (χ1) is 15.0. The van der Waals surface area contributed by atoms with Crippen LogP contribution < -0.4 is 5.32 Å². The normalized spacial score (nSPS) is 26.0. The van der Waals surface area contributed by atoms with Crippen LogP contribution >= 0.6 is 11.6 Å². The van der Waals surface area contributed by atoms with Gasteiger partial charge >= 0.3 is 0 Å². The van der Waals surface area contributed by atoms with Crippen LogP contribution in [0.15, 0.2) is 48.8 Å². The topological polar surface area (TPSA) is 54.9 Å².